The van der Waals surface area contributed by atoms with Crippen LogP contribution in [0.3, 0.4) is 0 Å². The minimum atomic E-state index is -1.54. The van der Waals surface area contributed by atoms with Gasteiger partial charge in [-0.3, -0.25) is 14.5 Å². The number of amides is 2. The lowest BCUT2D eigenvalue weighted by Gasteiger charge is -2.49. The van der Waals surface area contributed by atoms with E-state index in [1.807, 2.05) is 0 Å². The number of carbonyl (C=O) groups excluding carboxylic acids is 2. The first-order valence-corrected chi connectivity index (χ1v) is 8.35. The Bertz CT molecular complexity index is 485. The molecule has 1 unspecified atom stereocenters. The van der Waals surface area contributed by atoms with E-state index in [4.69, 9.17) is 0 Å². The summed E-state index contributed by atoms with van der Waals surface area (Å²) >= 11 is 4.77. The van der Waals surface area contributed by atoms with Gasteiger partial charge in [0.1, 0.15) is 5.70 Å². The number of hydrogen-bond donors (Lipinski definition) is 2. The van der Waals surface area contributed by atoms with Gasteiger partial charge in [-0.25, -0.2) is 4.79 Å². The molecule has 0 aromatic rings. The van der Waals surface area contributed by atoms with Gasteiger partial charge in [0.25, 0.3) is 5.91 Å². The van der Waals surface area contributed by atoms with Crippen LogP contribution in [0.5, 0.6) is 0 Å². The maximum atomic E-state index is 12.2. The Balaban J connectivity index is 2.46. The zero-order chi connectivity index (χ0) is 14.3. The number of aliphatic carboxylic acids is 1. The van der Waals surface area contributed by atoms with E-state index in [1.54, 1.807) is 0 Å². The maximum absolute atomic E-state index is 12.2. The Morgan fingerprint density at radius 3 is 2.74 bits per heavy atom. The van der Waals surface area contributed by atoms with E-state index >= 15 is 0 Å². The van der Waals surface area contributed by atoms with E-state index < -0.39 is 38.6 Å². The van der Waals surface area contributed by atoms with E-state index in [9.17, 15) is 24.0 Å². The van der Waals surface area contributed by atoms with Gasteiger partial charge in [0.15, 0.2) is 10.2 Å². The van der Waals surface area contributed by atoms with Crippen LogP contribution in [0, 0.1) is 0 Å². The molecule has 0 aliphatic carbocycles. The molecule has 10 heteroatoms. The molecule has 0 spiro atoms. The van der Waals surface area contributed by atoms with Crippen LogP contribution >= 0.6 is 31.9 Å². The van der Waals surface area contributed by atoms with Crippen molar-refractivity contribution in [2.24, 2.45) is 0 Å². The van der Waals surface area contributed by atoms with Gasteiger partial charge in [0, 0.05) is 10.9 Å². The van der Waals surface area contributed by atoms with Crippen molar-refractivity contribution >= 4 is 61.3 Å². The molecule has 19 heavy (non-hydrogen) atoms. The van der Waals surface area contributed by atoms with Gasteiger partial charge in [0.2, 0.25) is 11.8 Å². The van der Waals surface area contributed by atoms with Crippen molar-refractivity contribution in [1.29, 1.82) is 0 Å². The highest BCUT2D eigenvalue weighted by Gasteiger charge is 2.62. The molecule has 2 N–H and O–H groups in total. The third-order valence-electron chi connectivity index (χ3n) is 2.90. The van der Waals surface area contributed by atoms with E-state index in [-0.39, 0.29) is 11.0 Å². The third-order valence-corrected chi connectivity index (χ3v) is 6.81. The predicted molar refractivity (Wildman–Crippen MR) is 72.9 cm³/mol. The number of carbonyl (C=O) groups is 3. The highest BCUT2D eigenvalue weighted by Crippen LogP contribution is 2.42. The first kappa shape index (κ1) is 14.8. The second kappa shape index (κ2) is 5.43. The molecule has 2 heterocycles. The molecule has 2 aliphatic rings. The lowest BCUT2D eigenvalue weighted by atomic mass is 10.0. The number of carboxylic acid groups (broad SMARTS) is 1. The second-order valence-corrected chi connectivity index (χ2v) is 7.51. The zero-order valence-corrected chi connectivity index (χ0v) is 13.2. The summed E-state index contributed by atoms with van der Waals surface area (Å²) in [5.41, 5.74) is 0.150. The minimum absolute atomic E-state index is 0.179. The number of nitrogens with zero attached hydrogens (tertiary/aromatic N) is 1. The van der Waals surface area contributed by atoms with Crippen molar-refractivity contribution in [3.63, 3.8) is 0 Å². The molecule has 0 saturated carbocycles. The van der Waals surface area contributed by atoms with Crippen LogP contribution in [-0.4, -0.2) is 53.8 Å². The van der Waals surface area contributed by atoms with Gasteiger partial charge in [-0.15, -0.1) is 0 Å². The summed E-state index contributed by atoms with van der Waals surface area (Å²) in [5, 5.41) is 10.8. The molecule has 7 nitrogen and oxygen atoms in total. The van der Waals surface area contributed by atoms with Gasteiger partial charge >= 0.3 is 5.97 Å². The van der Waals surface area contributed by atoms with Crippen molar-refractivity contribution < 1.29 is 24.0 Å². The standard InChI is InChI=1S/C9H8Br2N2O5S/c10-1-3-5(9(16)17)13-7(15)4(12-2-14)8(13)19(18)6(3)11/h2,4,6,8H,1H2,(H,12,14)(H,16,17)/t4-,6?,8-,19-/m1/s1. The SMILES string of the molecule is O=CN[C@@H]1C(=O)N2C(C(=O)O)=C(CBr)C(Br)[S@@+]([O-])[C@H]12. The average molecular weight is 416 g/mol. The van der Waals surface area contributed by atoms with Crippen LogP contribution in [0.25, 0.3) is 0 Å². The minimum Gasteiger partial charge on any atom is -0.614 e. The summed E-state index contributed by atoms with van der Waals surface area (Å²) in [4.78, 5) is 34.6. The Morgan fingerprint density at radius 1 is 1.63 bits per heavy atom. The van der Waals surface area contributed by atoms with Crippen LogP contribution < -0.4 is 5.32 Å². The largest absolute Gasteiger partial charge is 0.614 e. The van der Waals surface area contributed by atoms with Crippen molar-refractivity contribution in [2.45, 2.75) is 15.6 Å². The fraction of sp³-hybridized carbons (Fsp3) is 0.444. The average Bonchev–Trinajstić information content (AvgIpc) is 2.38. The van der Waals surface area contributed by atoms with Crippen molar-refractivity contribution in [3.05, 3.63) is 11.3 Å². The molecule has 2 rings (SSSR count). The molecule has 4 atom stereocenters. The molecular weight excluding hydrogens is 408 g/mol. The van der Waals surface area contributed by atoms with E-state index in [2.05, 4.69) is 37.2 Å². The number of alkyl halides is 2. The molecule has 0 radical (unpaired) electrons. The first-order valence-electron chi connectivity index (χ1n) is 5.04. The van der Waals surface area contributed by atoms with Crippen molar-refractivity contribution in [2.75, 3.05) is 5.33 Å². The number of carboxylic acids is 1. The Kier molecular flexibility index (Phi) is 4.23. The highest BCUT2D eigenvalue weighted by atomic mass is 79.9. The van der Waals surface area contributed by atoms with Gasteiger partial charge in [-0.1, -0.05) is 15.9 Å². The van der Waals surface area contributed by atoms with Crippen LogP contribution in [0.15, 0.2) is 11.3 Å². The van der Waals surface area contributed by atoms with Gasteiger partial charge < -0.3 is 15.0 Å². The molecule has 2 aliphatic heterocycles. The van der Waals surface area contributed by atoms with Crippen molar-refractivity contribution in [1.82, 2.24) is 10.2 Å². The smallest absolute Gasteiger partial charge is 0.352 e. The number of halogens is 2. The maximum Gasteiger partial charge on any atom is 0.352 e. The Hall–Kier alpha value is -0.580. The summed E-state index contributed by atoms with van der Waals surface area (Å²) in [6, 6.07) is -0.940. The van der Waals surface area contributed by atoms with Crippen LogP contribution in [0.2, 0.25) is 0 Å². The van der Waals surface area contributed by atoms with Crippen LogP contribution in [0.4, 0.5) is 0 Å². The highest BCUT2D eigenvalue weighted by molar-refractivity contribution is 9.11. The Labute approximate surface area is 127 Å². The normalized spacial score (nSPS) is 33.6. The fourth-order valence-electron chi connectivity index (χ4n) is 2.06. The molecular formula is C9H8Br2N2O5S. The monoisotopic (exact) mass is 414 g/mol. The summed E-state index contributed by atoms with van der Waals surface area (Å²) in [7, 11) is 0. The quantitative estimate of drug-likeness (QED) is 0.278. The summed E-state index contributed by atoms with van der Waals surface area (Å²) in [6.07, 6.45) is 0.338. The molecule has 104 valence electrons. The number of β-lactam (4-membered cyclic amide) rings is 1. The molecule has 1 saturated heterocycles. The molecule has 0 aromatic heterocycles. The van der Waals surface area contributed by atoms with E-state index in [0.29, 0.717) is 12.0 Å². The lowest BCUT2D eigenvalue weighted by Crippen LogP contribution is -2.74. The van der Waals surface area contributed by atoms with E-state index in [1.165, 1.54) is 0 Å². The van der Waals surface area contributed by atoms with E-state index in [0.717, 1.165) is 4.90 Å². The zero-order valence-electron chi connectivity index (χ0n) is 9.21. The fourth-order valence-corrected chi connectivity index (χ4v) is 5.94. The van der Waals surface area contributed by atoms with Crippen LogP contribution in [0.1, 0.15) is 0 Å². The lowest BCUT2D eigenvalue weighted by molar-refractivity contribution is -0.150. The second-order valence-electron chi connectivity index (χ2n) is 3.82. The number of fused-ring (bicyclic) bond motifs is 1. The predicted octanol–water partition coefficient (Wildman–Crippen LogP) is -0.514. The summed E-state index contributed by atoms with van der Waals surface area (Å²) in [5.74, 6) is -1.83. The molecule has 2 amide bonds. The van der Waals surface area contributed by atoms with Crippen molar-refractivity contribution in [3.8, 4) is 0 Å². The van der Waals surface area contributed by atoms with Gasteiger partial charge in [-0.2, -0.15) is 0 Å². The summed E-state index contributed by atoms with van der Waals surface area (Å²) < 4.78 is 11.5. The number of rotatable bonds is 4. The third kappa shape index (κ3) is 2.10. The number of nitrogens with one attached hydrogen (secondary N) is 1. The summed E-state index contributed by atoms with van der Waals surface area (Å²) in [6.45, 7) is 0. The molecule has 0 bridgehead atoms. The van der Waals surface area contributed by atoms with Gasteiger partial charge in [-0.05, 0) is 27.1 Å². The topological polar surface area (TPSA) is 110 Å². The molecule has 1 fully saturated rings. The Morgan fingerprint density at radius 2 is 2.26 bits per heavy atom. The van der Waals surface area contributed by atoms with Gasteiger partial charge in [0.05, 0.1) is 0 Å². The molecule has 0 aromatic carbocycles. The first-order chi connectivity index (χ1) is 8.95. The van der Waals surface area contributed by atoms with Crippen LogP contribution in [-0.2, 0) is 25.6 Å². The number of hydrogen-bond acceptors (Lipinski definition) is 4.